The molecule has 1 aliphatic rings. The van der Waals surface area contributed by atoms with Crippen LogP contribution in [0, 0.1) is 5.41 Å². The summed E-state index contributed by atoms with van der Waals surface area (Å²) in [5.41, 5.74) is 6.64. The van der Waals surface area contributed by atoms with Gasteiger partial charge in [0, 0.05) is 23.9 Å². The van der Waals surface area contributed by atoms with Gasteiger partial charge in [0.15, 0.2) is 5.76 Å². The summed E-state index contributed by atoms with van der Waals surface area (Å²) in [5, 5.41) is 11.2. The lowest BCUT2D eigenvalue weighted by atomic mass is 9.93. The van der Waals surface area contributed by atoms with E-state index < -0.39 is 0 Å². The molecule has 1 amide bonds. The predicted octanol–water partition coefficient (Wildman–Crippen LogP) is 2.32. The molecule has 0 bridgehead atoms. The zero-order valence-corrected chi connectivity index (χ0v) is 14.0. The molecular weight excluding hydrogens is 322 g/mol. The van der Waals surface area contributed by atoms with Crippen molar-refractivity contribution in [1.82, 2.24) is 5.32 Å². The highest BCUT2D eigenvalue weighted by molar-refractivity contribution is 6.00. The van der Waals surface area contributed by atoms with Crippen LogP contribution in [-0.2, 0) is 9.53 Å². The van der Waals surface area contributed by atoms with E-state index >= 15 is 0 Å². The van der Waals surface area contributed by atoms with Crippen molar-refractivity contribution in [3.63, 3.8) is 0 Å². The molecule has 1 heterocycles. The molecule has 0 aliphatic heterocycles. The molecule has 1 fully saturated rings. The first kappa shape index (κ1) is 17.0. The van der Waals surface area contributed by atoms with E-state index in [0.717, 1.165) is 31.1 Å². The van der Waals surface area contributed by atoms with Crippen molar-refractivity contribution in [2.24, 2.45) is 5.73 Å². The van der Waals surface area contributed by atoms with Crippen LogP contribution in [-0.4, -0.2) is 29.9 Å². The highest BCUT2D eigenvalue weighted by Gasteiger charge is 2.25. The van der Waals surface area contributed by atoms with Crippen molar-refractivity contribution in [2.45, 2.75) is 44.8 Å². The summed E-state index contributed by atoms with van der Waals surface area (Å²) in [4.78, 5) is 23.4. The number of carbonyl (C=O) groups is 2. The average molecular weight is 343 g/mol. The molecule has 4 N–H and O–H groups in total. The van der Waals surface area contributed by atoms with E-state index in [1.54, 1.807) is 24.3 Å². The number of hydrogen-bond acceptors (Lipinski definition) is 5. The summed E-state index contributed by atoms with van der Waals surface area (Å²) in [5.74, 6) is -0.326. The van der Waals surface area contributed by atoms with Crippen molar-refractivity contribution < 1.29 is 18.7 Å². The summed E-state index contributed by atoms with van der Waals surface area (Å²) in [7, 11) is 0. The van der Waals surface area contributed by atoms with Crippen LogP contribution in [0.2, 0.25) is 0 Å². The highest BCUT2D eigenvalue weighted by atomic mass is 16.5. The van der Waals surface area contributed by atoms with Gasteiger partial charge in [-0.15, -0.1) is 0 Å². The Morgan fingerprint density at radius 1 is 1.24 bits per heavy atom. The Morgan fingerprint density at radius 3 is 2.60 bits per heavy atom. The van der Waals surface area contributed by atoms with Crippen LogP contribution in [0.25, 0.3) is 11.0 Å². The van der Waals surface area contributed by atoms with Gasteiger partial charge in [0.2, 0.25) is 0 Å². The van der Waals surface area contributed by atoms with Crippen LogP contribution in [0.15, 0.2) is 28.7 Å². The molecule has 0 saturated heterocycles. The van der Waals surface area contributed by atoms with E-state index in [4.69, 9.17) is 20.3 Å². The SMILES string of the molecule is CC(=O)OC1CCC(NC(=O)c2cc3cc(C(=N)N)ccc3o2)CC1. The number of rotatable bonds is 4. The monoisotopic (exact) mass is 343 g/mol. The summed E-state index contributed by atoms with van der Waals surface area (Å²) in [6, 6.07) is 6.81. The molecular formula is C18H21N3O4. The van der Waals surface area contributed by atoms with E-state index in [1.807, 2.05) is 0 Å². The fraction of sp³-hybridized carbons (Fsp3) is 0.389. The van der Waals surface area contributed by atoms with Gasteiger partial charge in [0.25, 0.3) is 5.91 Å². The Labute approximate surface area is 145 Å². The van der Waals surface area contributed by atoms with Crippen molar-refractivity contribution >= 4 is 28.7 Å². The van der Waals surface area contributed by atoms with Gasteiger partial charge in [0.1, 0.15) is 17.5 Å². The van der Waals surface area contributed by atoms with E-state index in [0.29, 0.717) is 11.1 Å². The fourth-order valence-corrected chi connectivity index (χ4v) is 3.14. The maximum atomic E-state index is 12.4. The lowest BCUT2D eigenvalue weighted by Gasteiger charge is -2.28. The van der Waals surface area contributed by atoms with E-state index in [-0.39, 0.29) is 35.6 Å². The third-order valence-corrected chi connectivity index (χ3v) is 4.39. The normalized spacial score (nSPS) is 20.2. The average Bonchev–Trinajstić information content (AvgIpc) is 2.99. The molecule has 0 atom stereocenters. The van der Waals surface area contributed by atoms with Crippen LogP contribution in [0.4, 0.5) is 0 Å². The first-order valence-electron chi connectivity index (χ1n) is 8.28. The molecule has 25 heavy (non-hydrogen) atoms. The zero-order valence-electron chi connectivity index (χ0n) is 14.0. The Morgan fingerprint density at radius 2 is 1.96 bits per heavy atom. The van der Waals surface area contributed by atoms with Gasteiger partial charge < -0.3 is 20.2 Å². The number of fused-ring (bicyclic) bond motifs is 1. The third kappa shape index (κ3) is 3.99. The molecule has 2 aromatic rings. The molecule has 132 valence electrons. The quantitative estimate of drug-likeness (QED) is 0.447. The molecule has 0 unspecified atom stereocenters. The Kier molecular flexibility index (Phi) is 4.74. The summed E-state index contributed by atoms with van der Waals surface area (Å²) < 4.78 is 10.8. The van der Waals surface area contributed by atoms with Crippen LogP contribution in [0.5, 0.6) is 0 Å². The van der Waals surface area contributed by atoms with Crippen molar-refractivity contribution in [3.05, 3.63) is 35.6 Å². The molecule has 0 radical (unpaired) electrons. The standard InChI is InChI=1S/C18H21N3O4/c1-10(22)24-14-5-3-13(4-6-14)21-18(23)16-9-12-8-11(17(19)20)2-7-15(12)25-16/h2,7-9,13-14H,3-6H2,1H3,(H3,19,20)(H,21,23). The number of ether oxygens (including phenoxy) is 1. The number of hydrogen-bond donors (Lipinski definition) is 3. The van der Waals surface area contributed by atoms with Crippen LogP contribution in [0.3, 0.4) is 0 Å². The Balaban J connectivity index is 1.63. The first-order valence-corrected chi connectivity index (χ1v) is 8.28. The molecule has 0 spiro atoms. The fourth-order valence-electron chi connectivity index (χ4n) is 3.14. The molecule has 1 saturated carbocycles. The number of amides is 1. The topological polar surface area (TPSA) is 118 Å². The maximum absolute atomic E-state index is 12.4. The van der Waals surface area contributed by atoms with Crippen LogP contribution in [0.1, 0.15) is 48.7 Å². The minimum atomic E-state index is -0.267. The second kappa shape index (κ2) is 6.96. The molecule has 3 rings (SSSR count). The number of benzene rings is 1. The van der Waals surface area contributed by atoms with Gasteiger partial charge in [-0.3, -0.25) is 15.0 Å². The minimum absolute atomic E-state index is 0.0290. The second-order valence-electron chi connectivity index (χ2n) is 6.33. The Bertz CT molecular complexity index is 819. The molecule has 1 aliphatic carbocycles. The van der Waals surface area contributed by atoms with Gasteiger partial charge in [0.05, 0.1) is 0 Å². The van der Waals surface area contributed by atoms with Crippen molar-refractivity contribution in [3.8, 4) is 0 Å². The van der Waals surface area contributed by atoms with Gasteiger partial charge in [-0.2, -0.15) is 0 Å². The van der Waals surface area contributed by atoms with Gasteiger partial charge >= 0.3 is 5.97 Å². The summed E-state index contributed by atoms with van der Waals surface area (Å²) in [6.45, 7) is 1.41. The third-order valence-electron chi connectivity index (χ3n) is 4.39. The van der Waals surface area contributed by atoms with Gasteiger partial charge in [-0.05, 0) is 49.9 Å². The molecule has 7 heteroatoms. The van der Waals surface area contributed by atoms with E-state index in [2.05, 4.69) is 5.32 Å². The van der Waals surface area contributed by atoms with E-state index in [9.17, 15) is 9.59 Å². The van der Waals surface area contributed by atoms with Gasteiger partial charge in [-0.1, -0.05) is 0 Å². The number of nitrogen functional groups attached to an aromatic ring is 1. The lowest BCUT2D eigenvalue weighted by molar-refractivity contribution is -0.147. The smallest absolute Gasteiger partial charge is 0.302 e. The van der Waals surface area contributed by atoms with Crippen LogP contribution >= 0.6 is 0 Å². The maximum Gasteiger partial charge on any atom is 0.302 e. The predicted molar refractivity (Wildman–Crippen MR) is 92.5 cm³/mol. The lowest BCUT2D eigenvalue weighted by Crippen LogP contribution is -2.39. The first-order chi connectivity index (χ1) is 11.9. The van der Waals surface area contributed by atoms with Crippen molar-refractivity contribution in [1.29, 1.82) is 5.41 Å². The summed E-state index contributed by atoms with van der Waals surface area (Å²) in [6.07, 6.45) is 2.96. The number of carbonyl (C=O) groups excluding carboxylic acids is 2. The van der Waals surface area contributed by atoms with Crippen LogP contribution < -0.4 is 11.1 Å². The van der Waals surface area contributed by atoms with Gasteiger partial charge in [-0.25, -0.2) is 0 Å². The number of furan rings is 1. The highest BCUT2D eigenvalue weighted by Crippen LogP contribution is 2.24. The molecule has 1 aromatic heterocycles. The number of nitrogens with one attached hydrogen (secondary N) is 2. The van der Waals surface area contributed by atoms with Crippen molar-refractivity contribution in [2.75, 3.05) is 0 Å². The zero-order chi connectivity index (χ0) is 18.0. The summed E-state index contributed by atoms with van der Waals surface area (Å²) >= 11 is 0. The Hall–Kier alpha value is -2.83. The second-order valence-corrected chi connectivity index (χ2v) is 6.33. The molecule has 7 nitrogen and oxygen atoms in total. The number of amidine groups is 1. The molecule has 1 aromatic carbocycles. The number of esters is 1. The largest absolute Gasteiger partial charge is 0.463 e. The minimum Gasteiger partial charge on any atom is -0.463 e. The number of nitrogens with two attached hydrogens (primary N) is 1. The van der Waals surface area contributed by atoms with E-state index in [1.165, 1.54) is 6.92 Å².